The molecule has 3 rings (SSSR count). The molecule has 20 heavy (non-hydrogen) atoms. The fourth-order valence-electron chi connectivity index (χ4n) is 2.98. The lowest BCUT2D eigenvalue weighted by Gasteiger charge is -2.29. The number of amides is 2. The van der Waals surface area contributed by atoms with Crippen LogP contribution in [-0.2, 0) is 14.4 Å². The summed E-state index contributed by atoms with van der Waals surface area (Å²) in [5.41, 5.74) is 0. The highest BCUT2D eigenvalue weighted by Crippen LogP contribution is 2.46. The SMILES string of the molecule is CN1CC(C(=O)N2C(C(=O)O)CSC2C2CC2)CC1=O. The van der Waals surface area contributed by atoms with Crippen LogP contribution in [0.25, 0.3) is 0 Å². The van der Waals surface area contributed by atoms with Crippen LogP contribution in [-0.4, -0.2) is 63.5 Å². The molecule has 0 aromatic carbocycles. The number of carbonyl (C=O) groups is 3. The van der Waals surface area contributed by atoms with Gasteiger partial charge in [0.15, 0.2) is 0 Å². The predicted molar refractivity (Wildman–Crippen MR) is 73.0 cm³/mol. The van der Waals surface area contributed by atoms with Gasteiger partial charge in [0.1, 0.15) is 6.04 Å². The Balaban J connectivity index is 1.78. The average molecular weight is 298 g/mol. The van der Waals surface area contributed by atoms with Crippen LogP contribution in [0.1, 0.15) is 19.3 Å². The van der Waals surface area contributed by atoms with E-state index in [1.54, 1.807) is 28.6 Å². The Kier molecular flexibility index (Phi) is 3.40. The summed E-state index contributed by atoms with van der Waals surface area (Å²) in [4.78, 5) is 38.7. The fourth-order valence-corrected chi connectivity index (χ4v) is 4.62. The van der Waals surface area contributed by atoms with Crippen LogP contribution in [0.2, 0.25) is 0 Å². The van der Waals surface area contributed by atoms with Crippen LogP contribution in [0.3, 0.4) is 0 Å². The van der Waals surface area contributed by atoms with Crippen LogP contribution in [0.15, 0.2) is 0 Å². The number of likely N-dealkylation sites (tertiary alicyclic amines) is 1. The van der Waals surface area contributed by atoms with Gasteiger partial charge in [-0.3, -0.25) is 9.59 Å². The van der Waals surface area contributed by atoms with Crippen molar-refractivity contribution in [3.05, 3.63) is 0 Å². The van der Waals surface area contributed by atoms with Crippen molar-refractivity contribution < 1.29 is 19.5 Å². The minimum absolute atomic E-state index is 0.00962. The summed E-state index contributed by atoms with van der Waals surface area (Å²) in [5.74, 6) is -0.621. The molecule has 3 unspecified atom stereocenters. The topological polar surface area (TPSA) is 77.9 Å². The molecular formula is C13H18N2O4S. The summed E-state index contributed by atoms with van der Waals surface area (Å²) in [7, 11) is 1.68. The van der Waals surface area contributed by atoms with E-state index >= 15 is 0 Å². The molecule has 3 aliphatic rings. The first-order chi connectivity index (χ1) is 9.49. The maximum Gasteiger partial charge on any atom is 0.327 e. The van der Waals surface area contributed by atoms with E-state index in [-0.39, 0.29) is 29.5 Å². The number of hydrogen-bond donors (Lipinski definition) is 1. The molecule has 2 saturated heterocycles. The normalized spacial score (nSPS) is 33.9. The number of carboxylic acids is 1. The Bertz CT molecular complexity index is 465. The lowest BCUT2D eigenvalue weighted by molar-refractivity contribution is -0.151. The van der Waals surface area contributed by atoms with Gasteiger partial charge in [0.05, 0.1) is 11.3 Å². The maximum absolute atomic E-state index is 12.7. The number of aliphatic carboxylic acids is 1. The zero-order chi connectivity index (χ0) is 14.4. The number of nitrogens with zero attached hydrogens (tertiary/aromatic N) is 2. The lowest BCUT2D eigenvalue weighted by atomic mass is 10.1. The van der Waals surface area contributed by atoms with Gasteiger partial charge >= 0.3 is 5.97 Å². The first-order valence-electron chi connectivity index (χ1n) is 6.89. The van der Waals surface area contributed by atoms with Gasteiger partial charge in [-0.1, -0.05) is 0 Å². The van der Waals surface area contributed by atoms with Gasteiger partial charge in [0, 0.05) is 25.8 Å². The minimum atomic E-state index is -0.938. The molecule has 1 saturated carbocycles. The average Bonchev–Trinajstić information content (AvgIpc) is 3.05. The highest BCUT2D eigenvalue weighted by Gasteiger charge is 2.50. The Labute approximate surface area is 121 Å². The van der Waals surface area contributed by atoms with Crippen molar-refractivity contribution in [1.82, 2.24) is 9.80 Å². The van der Waals surface area contributed by atoms with E-state index in [9.17, 15) is 19.5 Å². The van der Waals surface area contributed by atoms with Crippen LogP contribution < -0.4 is 0 Å². The molecule has 7 heteroatoms. The van der Waals surface area contributed by atoms with Crippen LogP contribution in [0.5, 0.6) is 0 Å². The smallest absolute Gasteiger partial charge is 0.327 e. The quantitative estimate of drug-likeness (QED) is 0.807. The number of thioether (sulfide) groups is 1. The van der Waals surface area contributed by atoms with Crippen molar-refractivity contribution in [2.75, 3.05) is 19.3 Å². The summed E-state index contributed by atoms with van der Waals surface area (Å²) < 4.78 is 0. The van der Waals surface area contributed by atoms with Gasteiger partial charge in [-0.2, -0.15) is 0 Å². The summed E-state index contributed by atoms with van der Waals surface area (Å²) >= 11 is 1.57. The molecule has 0 spiro atoms. The second kappa shape index (κ2) is 4.95. The van der Waals surface area contributed by atoms with Gasteiger partial charge in [-0.05, 0) is 18.8 Å². The number of rotatable bonds is 3. The van der Waals surface area contributed by atoms with Crippen molar-refractivity contribution in [3.63, 3.8) is 0 Å². The van der Waals surface area contributed by atoms with Crippen LogP contribution in [0, 0.1) is 11.8 Å². The summed E-state index contributed by atoms with van der Waals surface area (Å²) in [6.07, 6.45) is 2.34. The van der Waals surface area contributed by atoms with Gasteiger partial charge < -0.3 is 14.9 Å². The monoisotopic (exact) mass is 298 g/mol. The second-order valence-corrected chi connectivity index (χ2v) is 6.99. The standard InChI is InChI=1S/C13H18N2O4S/c1-14-5-8(4-10(14)16)11(17)15-9(13(18)19)6-20-12(15)7-2-3-7/h7-9,12H,2-6H2,1H3,(H,18,19). The van der Waals surface area contributed by atoms with Crippen LogP contribution in [0.4, 0.5) is 0 Å². The molecule has 0 aromatic rings. The Morgan fingerprint density at radius 2 is 2.05 bits per heavy atom. The van der Waals surface area contributed by atoms with E-state index in [0.717, 1.165) is 12.8 Å². The van der Waals surface area contributed by atoms with Gasteiger partial charge in [-0.25, -0.2) is 4.79 Å². The second-order valence-electron chi connectivity index (χ2n) is 5.84. The molecule has 0 aromatic heterocycles. The lowest BCUT2D eigenvalue weighted by Crippen LogP contribution is -2.49. The molecule has 2 aliphatic heterocycles. The van der Waals surface area contributed by atoms with E-state index in [1.807, 2.05) is 0 Å². The van der Waals surface area contributed by atoms with Gasteiger partial charge in [0.2, 0.25) is 11.8 Å². The minimum Gasteiger partial charge on any atom is -0.480 e. The van der Waals surface area contributed by atoms with E-state index in [1.165, 1.54) is 0 Å². The summed E-state index contributed by atoms with van der Waals surface area (Å²) in [5, 5.41) is 9.31. The molecule has 0 bridgehead atoms. The Morgan fingerprint density at radius 3 is 2.55 bits per heavy atom. The maximum atomic E-state index is 12.7. The van der Waals surface area contributed by atoms with E-state index < -0.39 is 12.0 Å². The molecule has 0 radical (unpaired) electrons. The zero-order valence-electron chi connectivity index (χ0n) is 11.3. The highest BCUT2D eigenvalue weighted by molar-refractivity contribution is 8.00. The van der Waals surface area contributed by atoms with E-state index in [2.05, 4.69) is 0 Å². The molecular weight excluding hydrogens is 280 g/mol. The van der Waals surface area contributed by atoms with Gasteiger partial charge in [0.25, 0.3) is 0 Å². The molecule has 2 amide bonds. The zero-order valence-corrected chi connectivity index (χ0v) is 12.1. The molecule has 1 N–H and O–H groups in total. The Morgan fingerprint density at radius 1 is 1.35 bits per heavy atom. The third kappa shape index (κ3) is 2.28. The van der Waals surface area contributed by atoms with Crippen molar-refractivity contribution >= 4 is 29.5 Å². The number of carbonyl (C=O) groups excluding carboxylic acids is 2. The molecule has 110 valence electrons. The summed E-state index contributed by atoms with van der Waals surface area (Å²) in [6.45, 7) is 0.405. The van der Waals surface area contributed by atoms with E-state index in [4.69, 9.17) is 0 Å². The fraction of sp³-hybridized carbons (Fsp3) is 0.769. The largest absolute Gasteiger partial charge is 0.480 e. The predicted octanol–water partition coefficient (Wildman–Crippen LogP) is 0.229. The van der Waals surface area contributed by atoms with Crippen molar-refractivity contribution in [3.8, 4) is 0 Å². The molecule has 3 fully saturated rings. The van der Waals surface area contributed by atoms with Crippen molar-refractivity contribution in [2.24, 2.45) is 11.8 Å². The van der Waals surface area contributed by atoms with Gasteiger partial charge in [-0.15, -0.1) is 11.8 Å². The number of hydrogen-bond acceptors (Lipinski definition) is 4. The number of carboxylic acid groups (broad SMARTS) is 1. The summed E-state index contributed by atoms with van der Waals surface area (Å²) in [6, 6.07) is -0.737. The molecule has 2 heterocycles. The third-order valence-electron chi connectivity index (χ3n) is 4.29. The first kappa shape index (κ1) is 13.7. The third-order valence-corrected chi connectivity index (χ3v) is 5.75. The van der Waals surface area contributed by atoms with E-state index in [0.29, 0.717) is 18.2 Å². The highest BCUT2D eigenvalue weighted by atomic mass is 32.2. The molecule has 3 atom stereocenters. The molecule has 1 aliphatic carbocycles. The van der Waals surface area contributed by atoms with Crippen molar-refractivity contribution in [1.29, 1.82) is 0 Å². The molecule has 6 nitrogen and oxygen atoms in total. The Hall–Kier alpha value is -1.24. The van der Waals surface area contributed by atoms with Crippen LogP contribution >= 0.6 is 11.8 Å². The van der Waals surface area contributed by atoms with Crippen molar-refractivity contribution in [2.45, 2.75) is 30.7 Å². The first-order valence-corrected chi connectivity index (χ1v) is 7.94.